The van der Waals surface area contributed by atoms with Crippen molar-refractivity contribution in [3.63, 3.8) is 0 Å². The second-order valence-corrected chi connectivity index (χ2v) is 8.06. The number of aromatic amines is 1. The van der Waals surface area contributed by atoms with Gasteiger partial charge in [0.1, 0.15) is 12.2 Å². The van der Waals surface area contributed by atoms with Crippen LogP contribution in [-0.2, 0) is 4.79 Å². The molecule has 148 valence electrons. The Morgan fingerprint density at radius 3 is 2.82 bits per heavy atom. The Hall–Kier alpha value is -2.63. The summed E-state index contributed by atoms with van der Waals surface area (Å²) in [5, 5.41) is 7.24. The Morgan fingerprint density at radius 2 is 2.11 bits per heavy atom. The van der Waals surface area contributed by atoms with E-state index in [0.29, 0.717) is 18.2 Å². The molecule has 1 aromatic heterocycles. The van der Waals surface area contributed by atoms with Crippen LogP contribution in [0.4, 0.5) is 5.69 Å². The predicted molar refractivity (Wildman–Crippen MR) is 108 cm³/mol. The number of benzene rings is 1. The van der Waals surface area contributed by atoms with E-state index in [4.69, 9.17) is 0 Å². The largest absolute Gasteiger partial charge is 0.323 e. The summed E-state index contributed by atoms with van der Waals surface area (Å²) in [6, 6.07) is 9.87. The fourth-order valence-electron chi connectivity index (χ4n) is 3.94. The maximum absolute atomic E-state index is 13.1. The third-order valence-electron chi connectivity index (χ3n) is 5.74. The maximum Gasteiger partial charge on any atom is 0.275 e. The first kappa shape index (κ1) is 18.7. The van der Waals surface area contributed by atoms with E-state index in [-0.39, 0.29) is 24.4 Å². The van der Waals surface area contributed by atoms with E-state index in [9.17, 15) is 9.59 Å². The van der Waals surface area contributed by atoms with Crippen molar-refractivity contribution in [2.24, 2.45) is 0 Å². The number of carbonyl (C=O) groups excluding carboxylic acids is 2. The number of amides is 2. The minimum absolute atomic E-state index is 0.00624. The van der Waals surface area contributed by atoms with Crippen LogP contribution in [0.3, 0.4) is 0 Å². The normalized spacial score (nSPS) is 19.9. The predicted octanol–water partition coefficient (Wildman–Crippen LogP) is 3.64. The molecule has 1 saturated heterocycles. The van der Waals surface area contributed by atoms with Crippen LogP contribution < -0.4 is 4.90 Å². The molecule has 1 aliphatic heterocycles. The Kier molecular flexibility index (Phi) is 5.20. The number of hydrogen-bond donors (Lipinski definition) is 1. The first-order valence-corrected chi connectivity index (χ1v) is 10.3. The summed E-state index contributed by atoms with van der Waals surface area (Å²) in [5.41, 5.74) is 3.51. The lowest BCUT2D eigenvalue weighted by Crippen LogP contribution is -2.58. The smallest absolute Gasteiger partial charge is 0.275 e. The molecule has 0 radical (unpaired) electrons. The van der Waals surface area contributed by atoms with E-state index in [2.05, 4.69) is 17.1 Å². The summed E-state index contributed by atoms with van der Waals surface area (Å²) in [7, 11) is 0. The fraction of sp³-hybridized carbons (Fsp3) is 0.500. The van der Waals surface area contributed by atoms with Crippen molar-refractivity contribution in [1.82, 2.24) is 15.1 Å². The average molecular weight is 380 g/mol. The van der Waals surface area contributed by atoms with E-state index >= 15 is 0 Å². The van der Waals surface area contributed by atoms with Crippen LogP contribution in [0, 0.1) is 6.92 Å². The number of aryl methyl sites for hydroxylation is 1. The van der Waals surface area contributed by atoms with Gasteiger partial charge in [-0.1, -0.05) is 31.9 Å². The van der Waals surface area contributed by atoms with Gasteiger partial charge in [-0.05, 0) is 49.9 Å². The molecule has 4 rings (SSSR count). The highest BCUT2D eigenvalue weighted by Crippen LogP contribution is 2.39. The van der Waals surface area contributed by atoms with Crippen LogP contribution in [0.15, 0.2) is 30.3 Å². The molecule has 1 atom stereocenters. The van der Waals surface area contributed by atoms with Gasteiger partial charge in [0.05, 0.1) is 6.04 Å². The van der Waals surface area contributed by atoms with E-state index in [1.807, 2.05) is 42.2 Å². The van der Waals surface area contributed by atoms with Crippen molar-refractivity contribution in [1.29, 1.82) is 0 Å². The van der Waals surface area contributed by atoms with Gasteiger partial charge in [-0.25, -0.2) is 0 Å². The Morgan fingerprint density at radius 1 is 1.29 bits per heavy atom. The van der Waals surface area contributed by atoms with Gasteiger partial charge >= 0.3 is 0 Å². The highest BCUT2D eigenvalue weighted by atomic mass is 16.2. The lowest BCUT2D eigenvalue weighted by Gasteiger charge is -2.41. The number of aromatic nitrogens is 2. The molecule has 1 aliphatic carbocycles. The SMILES string of the molecule is CCCC[C@@H]1CN(c2cccc(C)c2)C(=O)CN1C(=O)c1cc(C2CC2)[nH]n1. The van der Waals surface area contributed by atoms with Crippen molar-refractivity contribution in [3.05, 3.63) is 47.3 Å². The highest BCUT2D eigenvalue weighted by molar-refractivity contribution is 6.01. The van der Waals surface area contributed by atoms with Gasteiger partial charge in [0.15, 0.2) is 0 Å². The first-order valence-electron chi connectivity index (χ1n) is 10.3. The molecule has 2 aliphatic rings. The topological polar surface area (TPSA) is 69.3 Å². The zero-order chi connectivity index (χ0) is 19.7. The Bertz CT molecular complexity index is 871. The van der Waals surface area contributed by atoms with Crippen molar-refractivity contribution in [2.75, 3.05) is 18.0 Å². The summed E-state index contributed by atoms with van der Waals surface area (Å²) in [6.45, 7) is 4.81. The van der Waals surface area contributed by atoms with Crippen molar-refractivity contribution >= 4 is 17.5 Å². The molecule has 1 N–H and O–H groups in total. The van der Waals surface area contributed by atoms with Crippen LogP contribution in [0.2, 0.25) is 0 Å². The van der Waals surface area contributed by atoms with E-state index in [1.54, 1.807) is 4.90 Å². The van der Waals surface area contributed by atoms with Gasteiger partial charge in [0, 0.05) is 23.8 Å². The molecule has 2 fully saturated rings. The maximum atomic E-state index is 13.1. The number of anilines is 1. The van der Waals surface area contributed by atoms with E-state index in [0.717, 1.165) is 49.0 Å². The number of H-pyrrole nitrogens is 1. The van der Waals surface area contributed by atoms with Gasteiger partial charge in [-0.15, -0.1) is 0 Å². The van der Waals surface area contributed by atoms with Gasteiger partial charge in [0.2, 0.25) is 5.91 Å². The third-order valence-corrected chi connectivity index (χ3v) is 5.74. The van der Waals surface area contributed by atoms with Crippen LogP contribution in [0.25, 0.3) is 0 Å². The van der Waals surface area contributed by atoms with Gasteiger partial charge < -0.3 is 9.80 Å². The van der Waals surface area contributed by atoms with Gasteiger partial charge in [0.25, 0.3) is 5.91 Å². The second-order valence-electron chi connectivity index (χ2n) is 8.06. The van der Waals surface area contributed by atoms with Crippen molar-refractivity contribution in [2.45, 2.75) is 57.9 Å². The number of nitrogens with one attached hydrogen (secondary N) is 1. The van der Waals surface area contributed by atoms with Crippen LogP contribution in [-0.4, -0.2) is 46.0 Å². The van der Waals surface area contributed by atoms with Crippen molar-refractivity contribution in [3.8, 4) is 0 Å². The molecule has 2 aromatic rings. The lowest BCUT2D eigenvalue weighted by molar-refractivity contribution is -0.121. The molecular formula is C22H28N4O2. The van der Waals surface area contributed by atoms with Crippen LogP contribution in [0.1, 0.15) is 66.7 Å². The number of rotatable bonds is 6. The quantitative estimate of drug-likeness (QED) is 0.832. The summed E-state index contributed by atoms with van der Waals surface area (Å²) >= 11 is 0. The molecule has 1 aromatic carbocycles. The summed E-state index contributed by atoms with van der Waals surface area (Å²) in [5.74, 6) is 0.343. The first-order chi connectivity index (χ1) is 13.6. The number of nitrogens with zero attached hydrogens (tertiary/aromatic N) is 3. The minimum atomic E-state index is -0.138. The summed E-state index contributed by atoms with van der Waals surface area (Å²) < 4.78 is 0. The number of carbonyl (C=O) groups is 2. The van der Waals surface area contributed by atoms with Crippen molar-refractivity contribution < 1.29 is 9.59 Å². The third kappa shape index (κ3) is 3.81. The molecule has 6 heteroatoms. The van der Waals surface area contributed by atoms with E-state index in [1.165, 1.54) is 0 Å². The average Bonchev–Trinajstić information content (AvgIpc) is 3.43. The molecule has 6 nitrogen and oxygen atoms in total. The lowest BCUT2D eigenvalue weighted by atomic mass is 10.0. The fourth-order valence-corrected chi connectivity index (χ4v) is 3.94. The molecule has 0 bridgehead atoms. The molecule has 2 heterocycles. The molecule has 0 spiro atoms. The van der Waals surface area contributed by atoms with Gasteiger partial charge in [-0.3, -0.25) is 14.7 Å². The number of piperazine rings is 1. The second kappa shape index (κ2) is 7.78. The molecule has 2 amide bonds. The van der Waals surface area contributed by atoms with E-state index < -0.39 is 0 Å². The van der Waals surface area contributed by atoms with Gasteiger partial charge in [-0.2, -0.15) is 5.10 Å². The molecule has 28 heavy (non-hydrogen) atoms. The number of hydrogen-bond acceptors (Lipinski definition) is 3. The monoisotopic (exact) mass is 380 g/mol. The summed E-state index contributed by atoms with van der Waals surface area (Å²) in [6.07, 6.45) is 5.28. The standard InChI is InChI=1S/C22H28N4O2/c1-3-4-7-18-13-25(17-8-5-6-15(2)11-17)21(27)14-26(18)22(28)20-12-19(23-24-20)16-9-10-16/h5-6,8,11-12,16,18H,3-4,7,9-10,13-14H2,1-2H3,(H,23,24)/t18-/m1/s1. The number of unbranched alkanes of at least 4 members (excludes halogenated alkanes) is 1. The molecule has 1 saturated carbocycles. The zero-order valence-electron chi connectivity index (χ0n) is 16.6. The highest BCUT2D eigenvalue weighted by Gasteiger charge is 2.37. The summed E-state index contributed by atoms with van der Waals surface area (Å²) in [4.78, 5) is 29.6. The Labute approximate surface area is 165 Å². The van der Waals surface area contributed by atoms with Crippen LogP contribution in [0.5, 0.6) is 0 Å². The molecule has 0 unspecified atom stereocenters. The zero-order valence-corrected chi connectivity index (χ0v) is 16.6. The Balaban J connectivity index is 1.55. The van der Waals surface area contributed by atoms with Crippen LogP contribution >= 0.6 is 0 Å². The minimum Gasteiger partial charge on any atom is -0.323 e. The molecular weight excluding hydrogens is 352 g/mol.